The van der Waals surface area contributed by atoms with Crippen molar-refractivity contribution in [3.63, 3.8) is 0 Å². The Bertz CT molecular complexity index is 2050. The van der Waals surface area contributed by atoms with Gasteiger partial charge in [0.1, 0.15) is 23.2 Å². The predicted molar refractivity (Wildman–Crippen MR) is 204 cm³/mol. The number of amides is 4. The van der Waals surface area contributed by atoms with E-state index in [4.69, 9.17) is 9.47 Å². The van der Waals surface area contributed by atoms with E-state index in [9.17, 15) is 32.7 Å². The van der Waals surface area contributed by atoms with Crippen LogP contribution >= 0.6 is 0 Å². The van der Waals surface area contributed by atoms with E-state index in [2.05, 4.69) is 20.6 Å². The van der Waals surface area contributed by atoms with Gasteiger partial charge in [-0.15, -0.1) is 0 Å². The zero-order chi connectivity index (χ0) is 41.7. The number of ether oxygens (including phenoxy) is 2. The maximum absolute atomic E-state index is 16.1. The number of hydrogen-bond acceptors (Lipinski definition) is 10. The number of aromatic nitrogens is 2. The van der Waals surface area contributed by atoms with Gasteiger partial charge in [-0.2, -0.15) is 8.78 Å². The summed E-state index contributed by atoms with van der Waals surface area (Å²) in [6, 6.07) is 2.70. The highest BCUT2D eigenvalue weighted by atomic mass is 32.2. The average Bonchev–Trinajstić information content (AvgIpc) is 3.77. The fourth-order valence-electron chi connectivity index (χ4n) is 8.11. The molecule has 0 bridgehead atoms. The topological polar surface area (TPSA) is 197 Å². The van der Waals surface area contributed by atoms with Crippen molar-refractivity contribution < 1.29 is 51.0 Å². The molecule has 1 aromatic heterocycles. The molecule has 4 fully saturated rings. The largest absolute Gasteiger partial charge is 0.468 e. The molecule has 2 aliphatic carbocycles. The smallest absolute Gasteiger partial charge is 0.405 e. The number of allylic oxidation sites excluding steroid dienone is 1. The highest BCUT2D eigenvalue weighted by molar-refractivity contribution is 7.90. The summed E-state index contributed by atoms with van der Waals surface area (Å²) >= 11 is 0. The van der Waals surface area contributed by atoms with Crippen LogP contribution < -0.4 is 15.4 Å². The van der Waals surface area contributed by atoms with Crippen molar-refractivity contribution in [3.05, 3.63) is 42.1 Å². The summed E-state index contributed by atoms with van der Waals surface area (Å²) in [5.74, 6) is -6.69. The van der Waals surface area contributed by atoms with Crippen molar-refractivity contribution in [2.45, 2.75) is 139 Å². The lowest BCUT2D eigenvalue weighted by Crippen LogP contribution is -2.80. The van der Waals surface area contributed by atoms with E-state index in [-0.39, 0.29) is 43.1 Å². The number of para-hydroxylation sites is 2. The van der Waals surface area contributed by atoms with Crippen LogP contribution in [0.3, 0.4) is 0 Å². The quantitative estimate of drug-likeness (QED) is 0.177. The number of β-lactam (4-membered cyclic amide) rings is 1. The first kappa shape index (κ1) is 42.2. The number of sulfonamides is 1. The molecule has 0 radical (unpaired) electrons. The Hall–Kier alpha value is -4.45. The highest BCUT2D eigenvalue weighted by Crippen LogP contribution is 2.43. The van der Waals surface area contributed by atoms with E-state index in [0.29, 0.717) is 18.9 Å². The molecule has 0 spiro atoms. The van der Waals surface area contributed by atoms with Crippen LogP contribution in [0.25, 0.3) is 11.0 Å². The fraction of sp³-hybridized carbons (Fsp3) is 0.641. The van der Waals surface area contributed by atoms with Gasteiger partial charge in [0.2, 0.25) is 27.7 Å². The van der Waals surface area contributed by atoms with Gasteiger partial charge >= 0.3 is 12.0 Å². The van der Waals surface area contributed by atoms with E-state index >= 15 is 8.78 Å². The Morgan fingerprint density at radius 1 is 1.07 bits per heavy atom. The summed E-state index contributed by atoms with van der Waals surface area (Å²) in [6.45, 7) is 9.10. The van der Waals surface area contributed by atoms with Crippen LogP contribution in [0.5, 0.6) is 5.88 Å². The number of fused-ring (bicyclic) bond motifs is 1. The van der Waals surface area contributed by atoms with Gasteiger partial charge in [-0.25, -0.2) is 27.5 Å². The van der Waals surface area contributed by atoms with Crippen LogP contribution in [0.4, 0.5) is 13.6 Å². The van der Waals surface area contributed by atoms with Gasteiger partial charge in [-0.1, -0.05) is 58.7 Å². The van der Waals surface area contributed by atoms with Gasteiger partial charge in [0.25, 0.3) is 5.91 Å². The Morgan fingerprint density at radius 3 is 2.28 bits per heavy atom. The van der Waals surface area contributed by atoms with Gasteiger partial charge < -0.3 is 30.1 Å². The third kappa shape index (κ3) is 8.43. The maximum atomic E-state index is 16.1. The summed E-state index contributed by atoms with van der Waals surface area (Å²) in [6.07, 6.45) is 4.96. The Kier molecular flexibility index (Phi) is 11.4. The van der Waals surface area contributed by atoms with Gasteiger partial charge in [0.15, 0.2) is 5.69 Å². The molecule has 15 nitrogen and oxygen atoms in total. The molecule has 2 aromatic rings. The maximum Gasteiger partial charge on any atom is 0.405 e. The van der Waals surface area contributed by atoms with Gasteiger partial charge in [-0.3, -0.25) is 14.4 Å². The van der Waals surface area contributed by atoms with Crippen LogP contribution in [0.15, 0.2) is 36.4 Å². The number of carboxylic acid groups (broad SMARTS) is 1. The molecule has 6 rings (SSSR count). The average molecular weight is 819 g/mol. The molecule has 5 atom stereocenters. The van der Waals surface area contributed by atoms with Crippen LogP contribution in [0.2, 0.25) is 0 Å². The van der Waals surface area contributed by atoms with Crippen molar-refractivity contribution in [2.24, 2.45) is 5.41 Å². The number of alkyl halides is 2. The number of carbonyl (C=O) groups excluding carboxylic acids is 3. The molecule has 4 aliphatic rings. The molecule has 1 aromatic carbocycles. The van der Waals surface area contributed by atoms with Gasteiger partial charge in [-0.05, 0) is 69.6 Å². The monoisotopic (exact) mass is 818 g/mol. The Labute approximate surface area is 331 Å². The molecule has 2 aliphatic heterocycles. The Balaban J connectivity index is 1.33. The number of nitrogens with one attached hydrogen (secondary N) is 2. The van der Waals surface area contributed by atoms with Gasteiger partial charge in [0, 0.05) is 6.42 Å². The first-order chi connectivity index (χ1) is 26.6. The Morgan fingerprint density at radius 2 is 1.70 bits per heavy atom. The third-order valence-electron chi connectivity index (χ3n) is 11.3. The highest BCUT2D eigenvalue weighted by Gasteiger charge is 2.65. The van der Waals surface area contributed by atoms with E-state index in [1.165, 1.54) is 26.0 Å². The summed E-state index contributed by atoms with van der Waals surface area (Å²) < 4.78 is 71.4. The molecule has 3 heterocycles. The standard InChI is InChI=1S/C39H52F2N6O9S/c1-7-28-38(6,34(50)47(28)57(53,54)24-17-18-24)45-31(48)27-21-37(5,22-46(27)33(49)30(36(2,3)4)44-35(51)52)56-32-29(42-25-15-10-11-16-26(25)43-32)39(40,41)19-12-20-55-23-13-8-9-14-23/h10-12,15-16,19,23-24,27-28,30,44H,7-9,13-14,17-18,20-22H2,1-6H3,(H,45,48)(H,51,52). The van der Waals surface area contributed by atoms with Crippen molar-refractivity contribution in [2.75, 3.05) is 13.2 Å². The second-order valence-electron chi connectivity index (χ2n) is 17.1. The normalized spacial score (nSPS) is 26.5. The van der Waals surface area contributed by atoms with Crippen LogP contribution in [0.1, 0.15) is 98.6 Å². The van der Waals surface area contributed by atoms with Crippen molar-refractivity contribution in [1.82, 2.24) is 29.8 Å². The summed E-state index contributed by atoms with van der Waals surface area (Å²) in [4.78, 5) is 64.0. The first-order valence-electron chi connectivity index (χ1n) is 19.4. The molecule has 312 valence electrons. The minimum absolute atomic E-state index is 0.0110. The lowest BCUT2D eigenvalue weighted by Gasteiger charge is -2.53. The number of hydrogen-bond donors (Lipinski definition) is 3. The lowest BCUT2D eigenvalue weighted by atomic mass is 9.81. The van der Waals surface area contributed by atoms with E-state index in [0.717, 1.165) is 34.9 Å². The second kappa shape index (κ2) is 15.4. The lowest BCUT2D eigenvalue weighted by molar-refractivity contribution is -0.156. The van der Waals surface area contributed by atoms with Crippen molar-refractivity contribution >= 4 is 44.9 Å². The summed E-state index contributed by atoms with van der Waals surface area (Å²) in [5.41, 5.74) is -4.62. The number of nitrogens with zero attached hydrogens (tertiary/aromatic N) is 4. The zero-order valence-electron chi connectivity index (χ0n) is 33.1. The van der Waals surface area contributed by atoms with Crippen LogP contribution in [0, 0.1) is 5.41 Å². The van der Waals surface area contributed by atoms with E-state index in [1.54, 1.807) is 45.9 Å². The summed E-state index contributed by atoms with van der Waals surface area (Å²) in [7, 11) is -3.93. The number of carbonyl (C=O) groups is 4. The molecular weight excluding hydrogens is 767 g/mol. The van der Waals surface area contributed by atoms with Crippen molar-refractivity contribution in [1.29, 1.82) is 0 Å². The predicted octanol–water partition coefficient (Wildman–Crippen LogP) is 4.65. The first-order valence-corrected chi connectivity index (χ1v) is 20.9. The SMILES string of the molecule is CCC1N(S(=O)(=O)C2CC2)C(=O)C1(C)NC(=O)C1CC(C)(Oc2nc3ccccc3nc2C(F)(F)C=CCOC2CCCC2)CN1C(=O)C(NC(=O)O)C(C)(C)C. The summed E-state index contributed by atoms with van der Waals surface area (Å²) in [5, 5.41) is 14.0. The third-order valence-corrected chi connectivity index (χ3v) is 13.6. The minimum atomic E-state index is -3.93. The molecule has 4 amide bonds. The molecular formula is C39H52F2N6O9S. The van der Waals surface area contributed by atoms with Gasteiger partial charge in [0.05, 0.1) is 41.6 Å². The zero-order valence-corrected chi connectivity index (χ0v) is 33.9. The number of likely N-dealkylation sites (tertiary alicyclic amines) is 1. The van der Waals surface area contributed by atoms with Crippen LogP contribution in [-0.4, -0.2) is 110 Å². The molecule has 5 unspecified atom stereocenters. The number of rotatable bonds is 14. The fourth-order valence-corrected chi connectivity index (χ4v) is 10.3. The van der Waals surface area contributed by atoms with E-state index < -0.39 is 91.3 Å². The van der Waals surface area contributed by atoms with Crippen molar-refractivity contribution in [3.8, 4) is 5.88 Å². The van der Waals surface area contributed by atoms with E-state index in [1.807, 2.05) is 0 Å². The number of benzene rings is 1. The molecule has 18 heteroatoms. The van der Waals surface area contributed by atoms with Crippen LogP contribution in [-0.2, 0) is 35.1 Å². The second-order valence-corrected chi connectivity index (χ2v) is 19.2. The molecule has 2 saturated carbocycles. The minimum Gasteiger partial charge on any atom is -0.468 e. The molecule has 57 heavy (non-hydrogen) atoms. The molecule has 3 N–H and O–H groups in total. The number of halogens is 2. The molecule has 2 saturated heterocycles.